The number of urea groups is 1. The number of esters is 1. The van der Waals surface area contributed by atoms with Crippen molar-refractivity contribution < 1.29 is 23.5 Å². The van der Waals surface area contributed by atoms with Gasteiger partial charge in [-0.1, -0.05) is 12.1 Å². The molecule has 1 aromatic carbocycles. The molecule has 0 aliphatic carbocycles. The molecule has 0 atom stereocenters. The third kappa shape index (κ3) is 4.82. The van der Waals surface area contributed by atoms with Crippen LogP contribution in [-0.4, -0.2) is 47.4 Å². The Kier molecular flexibility index (Phi) is 7.14. The molecule has 2 aromatic rings. The van der Waals surface area contributed by atoms with Gasteiger partial charge in [0.25, 0.3) is 0 Å². The van der Waals surface area contributed by atoms with Crippen molar-refractivity contribution in [2.75, 3.05) is 20.2 Å². The van der Waals surface area contributed by atoms with Crippen molar-refractivity contribution in [2.24, 2.45) is 7.05 Å². The number of ether oxygens (including phenoxy) is 1. The summed E-state index contributed by atoms with van der Waals surface area (Å²) in [5.41, 5.74) is 2.52. The highest BCUT2D eigenvalue weighted by Gasteiger charge is 2.27. The Morgan fingerprint density at radius 2 is 1.79 bits per heavy atom. The first kappa shape index (κ1) is 22.1. The molecule has 2 rings (SSSR count). The van der Waals surface area contributed by atoms with Crippen molar-refractivity contribution in [3.8, 4) is 0 Å². The summed E-state index contributed by atoms with van der Waals surface area (Å²) in [6.07, 6.45) is 0. The Balaban J connectivity index is 2.33. The summed E-state index contributed by atoms with van der Waals surface area (Å²) in [5, 5.41) is 2.69. The smallest absolute Gasteiger partial charge is 0.354 e. The first-order valence-corrected chi connectivity index (χ1v) is 9.25. The number of nitrogens with zero attached hydrogens (tertiary/aromatic N) is 2. The quantitative estimate of drug-likeness (QED) is 0.569. The van der Waals surface area contributed by atoms with Crippen LogP contribution in [0.4, 0.5) is 9.18 Å². The summed E-state index contributed by atoms with van der Waals surface area (Å²) in [5.74, 6) is -1.20. The summed E-state index contributed by atoms with van der Waals surface area (Å²) in [7, 11) is 2.97. The fourth-order valence-electron chi connectivity index (χ4n) is 3.30. The molecule has 0 fully saturated rings. The zero-order chi connectivity index (χ0) is 21.7. The molecule has 29 heavy (non-hydrogen) atoms. The molecule has 1 heterocycles. The first-order valence-electron chi connectivity index (χ1n) is 9.25. The largest absolute Gasteiger partial charge is 0.464 e. The van der Waals surface area contributed by atoms with Crippen LogP contribution in [0.3, 0.4) is 0 Å². The van der Waals surface area contributed by atoms with Crippen LogP contribution in [0.25, 0.3) is 0 Å². The van der Waals surface area contributed by atoms with E-state index in [2.05, 4.69) is 5.32 Å². The summed E-state index contributed by atoms with van der Waals surface area (Å²) < 4.78 is 19.6. The van der Waals surface area contributed by atoms with Gasteiger partial charge in [0.2, 0.25) is 0 Å². The molecule has 1 aromatic heterocycles. The predicted octanol–water partition coefficient (Wildman–Crippen LogP) is 2.98. The van der Waals surface area contributed by atoms with Crippen LogP contribution >= 0.6 is 0 Å². The van der Waals surface area contributed by atoms with Crippen LogP contribution in [0, 0.1) is 19.7 Å². The second-order valence-corrected chi connectivity index (χ2v) is 6.73. The topological polar surface area (TPSA) is 80.6 Å². The summed E-state index contributed by atoms with van der Waals surface area (Å²) in [6.45, 7) is 5.57. The van der Waals surface area contributed by atoms with E-state index in [1.54, 1.807) is 44.5 Å². The molecule has 0 saturated carbocycles. The molecule has 0 radical (unpaired) electrons. The van der Waals surface area contributed by atoms with Gasteiger partial charge in [-0.05, 0) is 44.0 Å². The number of benzene rings is 1. The van der Waals surface area contributed by atoms with Crippen LogP contribution in [0.5, 0.6) is 0 Å². The van der Waals surface area contributed by atoms with E-state index in [-0.39, 0.29) is 24.7 Å². The minimum absolute atomic E-state index is 0.145. The van der Waals surface area contributed by atoms with Gasteiger partial charge in [0.1, 0.15) is 11.5 Å². The number of amides is 2. The summed E-state index contributed by atoms with van der Waals surface area (Å²) in [4.78, 5) is 39.0. The van der Waals surface area contributed by atoms with Crippen LogP contribution in [0.15, 0.2) is 24.3 Å². The van der Waals surface area contributed by atoms with Crippen molar-refractivity contribution in [1.29, 1.82) is 0 Å². The molecular formula is C21H26FN3O4. The average Bonchev–Trinajstić information content (AvgIpc) is 2.91. The van der Waals surface area contributed by atoms with Crippen LogP contribution in [-0.2, 0) is 18.3 Å². The number of methoxy groups -OCH3 is 1. The van der Waals surface area contributed by atoms with Gasteiger partial charge in [-0.3, -0.25) is 4.79 Å². The zero-order valence-electron chi connectivity index (χ0n) is 17.3. The predicted molar refractivity (Wildman–Crippen MR) is 106 cm³/mol. The normalized spacial score (nSPS) is 10.6. The number of carbonyl (C=O) groups excluding carboxylic acids is 3. The monoisotopic (exact) mass is 403 g/mol. The fraction of sp³-hybridized carbons (Fsp3) is 0.381. The van der Waals surface area contributed by atoms with Gasteiger partial charge in [0.05, 0.1) is 13.7 Å². The number of rotatable bonds is 7. The van der Waals surface area contributed by atoms with E-state index in [4.69, 9.17) is 4.74 Å². The number of aromatic nitrogens is 1. The lowest BCUT2D eigenvalue weighted by Gasteiger charge is -2.22. The maximum absolute atomic E-state index is 13.2. The molecule has 2 amide bonds. The number of halogens is 1. The highest BCUT2D eigenvalue weighted by molar-refractivity contribution is 6.04. The third-order valence-corrected chi connectivity index (χ3v) is 4.82. The minimum Gasteiger partial charge on any atom is -0.464 e. The third-order valence-electron chi connectivity index (χ3n) is 4.82. The van der Waals surface area contributed by atoms with Gasteiger partial charge in [-0.2, -0.15) is 0 Å². The molecule has 0 aliphatic heterocycles. The van der Waals surface area contributed by atoms with Gasteiger partial charge >= 0.3 is 12.0 Å². The van der Waals surface area contributed by atoms with Crippen molar-refractivity contribution in [3.05, 3.63) is 58.2 Å². The second kappa shape index (κ2) is 9.36. The lowest BCUT2D eigenvalue weighted by Crippen LogP contribution is -2.42. The van der Waals surface area contributed by atoms with E-state index < -0.39 is 12.0 Å². The molecular weight excluding hydrogens is 377 g/mol. The average molecular weight is 403 g/mol. The molecule has 0 aliphatic rings. The second-order valence-electron chi connectivity index (χ2n) is 6.73. The number of nitrogens with one attached hydrogen (secondary N) is 1. The number of carbonyl (C=O) groups is 3. The van der Waals surface area contributed by atoms with Crippen molar-refractivity contribution >= 4 is 17.8 Å². The molecule has 0 unspecified atom stereocenters. The Morgan fingerprint density at radius 1 is 1.17 bits per heavy atom. The maximum atomic E-state index is 13.2. The fourth-order valence-corrected chi connectivity index (χ4v) is 3.30. The zero-order valence-corrected chi connectivity index (χ0v) is 17.3. The van der Waals surface area contributed by atoms with Gasteiger partial charge in [-0.25, -0.2) is 14.0 Å². The van der Waals surface area contributed by atoms with Crippen molar-refractivity contribution in [3.63, 3.8) is 0 Å². The van der Waals surface area contributed by atoms with Crippen LogP contribution in [0.1, 0.15) is 44.6 Å². The Hall–Kier alpha value is -3.16. The van der Waals surface area contributed by atoms with Crippen molar-refractivity contribution in [2.45, 2.75) is 27.3 Å². The molecule has 0 bridgehead atoms. The number of ketones is 1. The van der Waals surface area contributed by atoms with E-state index in [9.17, 15) is 18.8 Å². The van der Waals surface area contributed by atoms with E-state index in [1.165, 1.54) is 24.1 Å². The standard InChI is InChI=1S/C21H26FN3O4/c1-6-23-21(28)25(11-15-7-9-16(22)10-8-15)12-17(26)18-13(2)19(20(27)29-5)24(4)14(18)3/h7-10H,6,11-12H2,1-5H3,(H,23,28). The Morgan fingerprint density at radius 3 is 2.34 bits per heavy atom. The maximum Gasteiger partial charge on any atom is 0.354 e. The van der Waals surface area contributed by atoms with Gasteiger partial charge in [0.15, 0.2) is 5.78 Å². The lowest BCUT2D eigenvalue weighted by atomic mass is 10.0. The summed E-state index contributed by atoms with van der Waals surface area (Å²) >= 11 is 0. The molecule has 8 heteroatoms. The number of hydrogen-bond acceptors (Lipinski definition) is 4. The summed E-state index contributed by atoms with van der Waals surface area (Å²) in [6, 6.07) is 5.35. The Bertz CT molecular complexity index is 919. The molecule has 0 saturated heterocycles. The van der Waals surface area contributed by atoms with Crippen LogP contribution in [0.2, 0.25) is 0 Å². The number of hydrogen-bond donors (Lipinski definition) is 1. The van der Waals surface area contributed by atoms with Crippen molar-refractivity contribution in [1.82, 2.24) is 14.8 Å². The first-order chi connectivity index (χ1) is 13.7. The molecule has 1 N–H and O–H groups in total. The number of Topliss-reactive ketones (excluding diaryl/α,β-unsaturated/α-hetero) is 1. The van der Waals surface area contributed by atoms with E-state index >= 15 is 0 Å². The SMILES string of the molecule is CCNC(=O)N(CC(=O)c1c(C)c(C(=O)OC)n(C)c1C)Cc1ccc(F)cc1. The molecule has 0 spiro atoms. The van der Waals surface area contributed by atoms with Gasteiger partial charge in [-0.15, -0.1) is 0 Å². The minimum atomic E-state index is -0.529. The van der Waals surface area contributed by atoms with E-state index in [1.807, 2.05) is 0 Å². The Labute approximate surface area is 169 Å². The highest BCUT2D eigenvalue weighted by Crippen LogP contribution is 2.23. The highest BCUT2D eigenvalue weighted by atomic mass is 19.1. The van der Waals surface area contributed by atoms with E-state index in [0.29, 0.717) is 34.6 Å². The molecule has 156 valence electrons. The van der Waals surface area contributed by atoms with Gasteiger partial charge in [0, 0.05) is 31.4 Å². The lowest BCUT2D eigenvalue weighted by molar-refractivity contribution is 0.0588. The van der Waals surface area contributed by atoms with Crippen LogP contribution < -0.4 is 5.32 Å². The molecule has 7 nitrogen and oxygen atoms in total. The van der Waals surface area contributed by atoms with E-state index in [0.717, 1.165) is 0 Å². The van der Waals surface area contributed by atoms with Gasteiger partial charge < -0.3 is 19.5 Å².